The van der Waals surface area contributed by atoms with Crippen molar-refractivity contribution >= 4 is 28.6 Å². The number of fused-ring (bicyclic) bond motifs is 5. The average Bonchev–Trinajstić information content (AvgIpc) is 2.98. The van der Waals surface area contributed by atoms with E-state index in [1.54, 1.807) is 6.07 Å². The lowest BCUT2D eigenvalue weighted by Crippen LogP contribution is -2.16. The molecule has 0 spiro atoms. The molecule has 5 rings (SSSR count). The number of allylic oxidation sites excluding steroid dienone is 2. The third-order valence-electron chi connectivity index (χ3n) is 4.96. The monoisotopic (exact) mass is 323 g/mol. The standard InChI is InChI=1S/C23H17NO/c25-22-12-6-2-8-17(22)15-20-19-10-4-5-11-21(19)24-14-13-16-7-1-3-9-18(16)23(20)24/h1-8,10-15,25H,9H2. The Morgan fingerprint density at radius 1 is 0.960 bits per heavy atom. The van der Waals surface area contributed by atoms with Gasteiger partial charge in [0.05, 0.1) is 11.0 Å². The van der Waals surface area contributed by atoms with Crippen LogP contribution < -0.4 is 10.4 Å². The maximum atomic E-state index is 10.2. The zero-order chi connectivity index (χ0) is 16.8. The molecule has 1 aliphatic carbocycles. The zero-order valence-corrected chi connectivity index (χ0v) is 13.7. The van der Waals surface area contributed by atoms with Gasteiger partial charge >= 0.3 is 0 Å². The number of aromatic nitrogens is 1. The van der Waals surface area contributed by atoms with E-state index in [1.807, 2.05) is 18.2 Å². The van der Waals surface area contributed by atoms with Gasteiger partial charge < -0.3 is 9.51 Å². The molecule has 1 N–H and O–H groups in total. The highest BCUT2D eigenvalue weighted by Gasteiger charge is 2.12. The predicted octanol–water partition coefficient (Wildman–Crippen LogP) is 3.52. The van der Waals surface area contributed by atoms with E-state index in [0.717, 1.165) is 17.2 Å². The number of pyridine rings is 1. The minimum atomic E-state index is 0.308. The zero-order valence-electron chi connectivity index (χ0n) is 13.7. The van der Waals surface area contributed by atoms with Crippen molar-refractivity contribution in [3.8, 4) is 5.75 Å². The van der Waals surface area contributed by atoms with Crippen molar-refractivity contribution < 1.29 is 5.11 Å². The van der Waals surface area contributed by atoms with Gasteiger partial charge in [0.25, 0.3) is 0 Å². The van der Waals surface area contributed by atoms with Gasteiger partial charge in [0.15, 0.2) is 0 Å². The number of aromatic hydroxyl groups is 1. The van der Waals surface area contributed by atoms with Crippen LogP contribution in [-0.4, -0.2) is 9.51 Å². The molecule has 0 fully saturated rings. The number of benzene rings is 2. The normalized spacial score (nSPS) is 14.0. The van der Waals surface area contributed by atoms with Gasteiger partial charge in [0, 0.05) is 22.4 Å². The summed E-state index contributed by atoms with van der Waals surface area (Å²) < 4.78 is 2.27. The quantitative estimate of drug-likeness (QED) is 0.569. The highest BCUT2D eigenvalue weighted by atomic mass is 16.3. The van der Waals surface area contributed by atoms with Crippen molar-refractivity contribution in [2.24, 2.45) is 0 Å². The predicted molar refractivity (Wildman–Crippen MR) is 103 cm³/mol. The van der Waals surface area contributed by atoms with Crippen molar-refractivity contribution in [1.29, 1.82) is 0 Å². The molecule has 25 heavy (non-hydrogen) atoms. The summed E-state index contributed by atoms with van der Waals surface area (Å²) in [6, 6.07) is 18.1. The number of rotatable bonds is 1. The molecule has 0 unspecified atom stereocenters. The summed E-state index contributed by atoms with van der Waals surface area (Å²) in [7, 11) is 0. The molecule has 1 aliphatic rings. The molecule has 0 radical (unpaired) electrons. The van der Waals surface area contributed by atoms with E-state index in [1.165, 1.54) is 27.2 Å². The van der Waals surface area contributed by atoms with Crippen LogP contribution in [0.5, 0.6) is 5.75 Å². The summed E-state index contributed by atoms with van der Waals surface area (Å²) in [5.41, 5.74) is 4.59. The van der Waals surface area contributed by atoms with Crippen LogP contribution in [0, 0.1) is 0 Å². The lowest BCUT2D eigenvalue weighted by atomic mass is 10.0. The number of hydrogen-bond donors (Lipinski definition) is 1. The lowest BCUT2D eigenvalue weighted by Gasteiger charge is -2.07. The average molecular weight is 323 g/mol. The van der Waals surface area contributed by atoms with E-state index in [0.29, 0.717) is 5.75 Å². The SMILES string of the molecule is Oc1ccccc1C=c1c2ccccc2n2ccc3c(c12)CC=CC=3. The van der Waals surface area contributed by atoms with Crippen LogP contribution in [0.2, 0.25) is 0 Å². The molecule has 4 aromatic rings. The van der Waals surface area contributed by atoms with E-state index in [9.17, 15) is 5.11 Å². The molecule has 2 heteroatoms. The van der Waals surface area contributed by atoms with Crippen LogP contribution in [0.3, 0.4) is 0 Å². The van der Waals surface area contributed by atoms with E-state index < -0.39 is 0 Å². The van der Waals surface area contributed by atoms with Crippen LogP contribution in [0.1, 0.15) is 11.1 Å². The van der Waals surface area contributed by atoms with Crippen molar-refractivity contribution in [3.05, 3.63) is 94.5 Å². The Kier molecular flexibility index (Phi) is 3.04. The molecule has 2 heterocycles. The summed E-state index contributed by atoms with van der Waals surface area (Å²) in [6.45, 7) is 0. The Morgan fingerprint density at radius 3 is 2.72 bits per heavy atom. The first kappa shape index (κ1) is 14.1. The molecule has 120 valence electrons. The summed E-state index contributed by atoms with van der Waals surface area (Å²) in [5, 5.41) is 13.9. The van der Waals surface area contributed by atoms with Gasteiger partial charge in [0.1, 0.15) is 5.75 Å². The molecule has 0 atom stereocenters. The van der Waals surface area contributed by atoms with Gasteiger partial charge in [-0.25, -0.2) is 0 Å². The molecule has 2 aromatic heterocycles. The van der Waals surface area contributed by atoms with Crippen molar-refractivity contribution in [1.82, 2.24) is 4.40 Å². The third kappa shape index (κ3) is 2.11. The number of para-hydroxylation sites is 2. The van der Waals surface area contributed by atoms with E-state index >= 15 is 0 Å². The minimum Gasteiger partial charge on any atom is -0.507 e. The highest BCUT2D eigenvalue weighted by Crippen LogP contribution is 2.21. The smallest absolute Gasteiger partial charge is 0.122 e. The summed E-state index contributed by atoms with van der Waals surface area (Å²) in [6.07, 6.45) is 11.7. The van der Waals surface area contributed by atoms with Gasteiger partial charge in [-0.1, -0.05) is 54.6 Å². The van der Waals surface area contributed by atoms with Crippen LogP contribution >= 0.6 is 0 Å². The fourth-order valence-electron chi connectivity index (χ4n) is 3.78. The Bertz CT molecular complexity index is 1270. The van der Waals surface area contributed by atoms with E-state index in [2.05, 4.69) is 65.2 Å². The Balaban J connectivity index is 2.02. The molecule has 0 amide bonds. The third-order valence-corrected chi connectivity index (χ3v) is 4.96. The summed E-state index contributed by atoms with van der Waals surface area (Å²) >= 11 is 0. The number of nitrogens with zero attached hydrogens (tertiary/aromatic N) is 1. The van der Waals surface area contributed by atoms with Gasteiger partial charge in [-0.3, -0.25) is 0 Å². The molecular formula is C23H17NO. The van der Waals surface area contributed by atoms with E-state index in [4.69, 9.17) is 0 Å². The van der Waals surface area contributed by atoms with Crippen molar-refractivity contribution in [2.45, 2.75) is 6.42 Å². The maximum Gasteiger partial charge on any atom is 0.122 e. The van der Waals surface area contributed by atoms with Crippen molar-refractivity contribution in [3.63, 3.8) is 0 Å². The van der Waals surface area contributed by atoms with Crippen LogP contribution in [-0.2, 0) is 6.42 Å². The first-order valence-electron chi connectivity index (χ1n) is 8.50. The van der Waals surface area contributed by atoms with Gasteiger partial charge in [-0.05, 0) is 41.5 Å². The molecule has 0 bridgehead atoms. The van der Waals surface area contributed by atoms with Crippen LogP contribution in [0.15, 0.2) is 72.9 Å². The largest absolute Gasteiger partial charge is 0.507 e. The highest BCUT2D eigenvalue weighted by molar-refractivity contribution is 5.91. The fraction of sp³-hybridized carbons (Fsp3) is 0.0435. The molecule has 0 saturated heterocycles. The number of phenolic OH excluding ortho intramolecular Hbond substituents is 1. The molecular weight excluding hydrogens is 306 g/mol. The summed E-state index contributed by atoms with van der Waals surface area (Å²) in [4.78, 5) is 0. The number of hydrogen-bond acceptors (Lipinski definition) is 1. The van der Waals surface area contributed by atoms with Gasteiger partial charge in [0.2, 0.25) is 0 Å². The summed E-state index contributed by atoms with van der Waals surface area (Å²) in [5.74, 6) is 0.308. The Morgan fingerprint density at radius 2 is 1.80 bits per heavy atom. The Hall–Kier alpha value is -3.26. The first-order chi connectivity index (χ1) is 12.3. The fourth-order valence-corrected chi connectivity index (χ4v) is 3.78. The second-order valence-electron chi connectivity index (χ2n) is 6.40. The maximum absolute atomic E-state index is 10.2. The molecule has 0 saturated carbocycles. The second-order valence-corrected chi connectivity index (χ2v) is 6.40. The molecule has 2 nitrogen and oxygen atoms in total. The van der Waals surface area contributed by atoms with Gasteiger partial charge in [-0.15, -0.1) is 0 Å². The molecule has 0 aliphatic heterocycles. The van der Waals surface area contributed by atoms with Gasteiger partial charge in [-0.2, -0.15) is 0 Å². The Labute approximate surface area is 145 Å². The van der Waals surface area contributed by atoms with Crippen molar-refractivity contribution in [2.75, 3.05) is 0 Å². The minimum absolute atomic E-state index is 0.308. The number of phenols is 1. The lowest BCUT2D eigenvalue weighted by molar-refractivity contribution is 0.474. The molecule has 2 aromatic carbocycles. The van der Waals surface area contributed by atoms with E-state index in [-0.39, 0.29) is 0 Å². The topological polar surface area (TPSA) is 24.6 Å². The first-order valence-corrected chi connectivity index (χ1v) is 8.50. The second kappa shape index (κ2) is 5.38. The van der Waals surface area contributed by atoms with Crippen LogP contribution in [0.4, 0.5) is 0 Å². The van der Waals surface area contributed by atoms with Crippen LogP contribution in [0.25, 0.3) is 28.6 Å².